The molecule has 0 unspecified atom stereocenters. The van der Waals surface area contributed by atoms with Crippen molar-refractivity contribution < 1.29 is 4.74 Å². The number of unbranched alkanes of at least 4 members (excludes halogenated alkanes) is 2. The lowest BCUT2D eigenvalue weighted by atomic mass is 10.3. The van der Waals surface area contributed by atoms with Crippen molar-refractivity contribution in [2.24, 2.45) is 0 Å². The molecule has 0 heterocycles. The number of hydrogen-bond donors (Lipinski definition) is 0. The molecule has 0 aromatic rings. The van der Waals surface area contributed by atoms with Gasteiger partial charge >= 0.3 is 0 Å². The molecule has 0 aromatic carbocycles. The molecule has 0 atom stereocenters. The van der Waals surface area contributed by atoms with E-state index < -0.39 is 0 Å². The van der Waals surface area contributed by atoms with E-state index in [2.05, 4.69) is 6.92 Å². The second kappa shape index (κ2) is 3.89. The zero-order valence-corrected chi connectivity index (χ0v) is 6.23. The van der Waals surface area contributed by atoms with E-state index in [9.17, 15) is 0 Å². The quantitative estimate of drug-likeness (QED) is 0.516. The van der Waals surface area contributed by atoms with E-state index in [4.69, 9.17) is 4.74 Å². The van der Waals surface area contributed by atoms with Crippen molar-refractivity contribution in [2.45, 2.75) is 45.1 Å². The van der Waals surface area contributed by atoms with Crippen molar-refractivity contribution in [3.63, 3.8) is 0 Å². The lowest BCUT2D eigenvalue weighted by molar-refractivity contribution is 0.116. The van der Waals surface area contributed by atoms with E-state index in [-0.39, 0.29) is 0 Å². The average Bonchev–Trinajstić information content (AvgIpc) is 2.63. The largest absolute Gasteiger partial charge is 0.378 e. The Morgan fingerprint density at radius 3 is 2.67 bits per heavy atom. The molecule has 1 aliphatic carbocycles. The van der Waals surface area contributed by atoms with Crippen LogP contribution in [0.25, 0.3) is 0 Å². The predicted octanol–water partition coefficient (Wildman–Crippen LogP) is 2.36. The molecule has 0 amide bonds. The van der Waals surface area contributed by atoms with Crippen LogP contribution in [0.3, 0.4) is 0 Å². The minimum absolute atomic E-state index is 0.654. The third-order valence-electron chi connectivity index (χ3n) is 1.63. The Morgan fingerprint density at radius 1 is 1.33 bits per heavy atom. The van der Waals surface area contributed by atoms with Crippen molar-refractivity contribution in [2.75, 3.05) is 6.61 Å². The fourth-order valence-electron chi connectivity index (χ4n) is 0.837. The molecule has 0 spiro atoms. The Morgan fingerprint density at radius 2 is 2.11 bits per heavy atom. The summed E-state index contributed by atoms with van der Waals surface area (Å²) in [4.78, 5) is 0. The van der Waals surface area contributed by atoms with Gasteiger partial charge in [0, 0.05) is 6.61 Å². The Bertz CT molecular complexity index is 67.0. The van der Waals surface area contributed by atoms with Gasteiger partial charge in [0.25, 0.3) is 0 Å². The van der Waals surface area contributed by atoms with Crippen LogP contribution < -0.4 is 0 Å². The molecule has 1 heteroatoms. The summed E-state index contributed by atoms with van der Waals surface area (Å²) >= 11 is 0. The molecule has 0 radical (unpaired) electrons. The van der Waals surface area contributed by atoms with Gasteiger partial charge in [0.2, 0.25) is 0 Å². The lowest BCUT2D eigenvalue weighted by Gasteiger charge is -1.98. The van der Waals surface area contributed by atoms with E-state index in [1.165, 1.54) is 32.1 Å². The van der Waals surface area contributed by atoms with Gasteiger partial charge in [-0.2, -0.15) is 0 Å². The van der Waals surface area contributed by atoms with Gasteiger partial charge < -0.3 is 4.74 Å². The Balaban J connectivity index is 1.71. The Hall–Kier alpha value is -0.0400. The van der Waals surface area contributed by atoms with Crippen LogP contribution >= 0.6 is 0 Å². The zero-order chi connectivity index (χ0) is 6.53. The van der Waals surface area contributed by atoms with Crippen molar-refractivity contribution in [1.82, 2.24) is 0 Å². The van der Waals surface area contributed by atoms with Gasteiger partial charge in [-0.1, -0.05) is 19.8 Å². The van der Waals surface area contributed by atoms with Crippen LogP contribution in [0.4, 0.5) is 0 Å². The van der Waals surface area contributed by atoms with Gasteiger partial charge in [-0.3, -0.25) is 0 Å². The number of ether oxygens (including phenoxy) is 1. The number of rotatable bonds is 5. The monoisotopic (exact) mass is 128 g/mol. The van der Waals surface area contributed by atoms with E-state index in [0.29, 0.717) is 6.10 Å². The molecule has 9 heavy (non-hydrogen) atoms. The van der Waals surface area contributed by atoms with E-state index in [1.54, 1.807) is 0 Å². The van der Waals surface area contributed by atoms with Crippen molar-refractivity contribution >= 4 is 0 Å². The van der Waals surface area contributed by atoms with Crippen LogP contribution in [0.1, 0.15) is 39.0 Å². The molecule has 1 saturated carbocycles. The van der Waals surface area contributed by atoms with Gasteiger partial charge in [-0.15, -0.1) is 0 Å². The second-order valence-corrected chi connectivity index (χ2v) is 2.78. The molecule has 0 bridgehead atoms. The maximum absolute atomic E-state index is 5.46. The molecule has 1 fully saturated rings. The molecule has 0 saturated heterocycles. The topological polar surface area (TPSA) is 9.23 Å². The summed E-state index contributed by atoms with van der Waals surface area (Å²) in [6.45, 7) is 3.22. The molecule has 54 valence electrons. The lowest BCUT2D eigenvalue weighted by Crippen LogP contribution is -1.95. The predicted molar refractivity (Wildman–Crippen MR) is 38.5 cm³/mol. The van der Waals surface area contributed by atoms with Crippen molar-refractivity contribution in [1.29, 1.82) is 0 Å². The first-order valence-electron chi connectivity index (χ1n) is 4.05. The van der Waals surface area contributed by atoms with Crippen LogP contribution in [-0.4, -0.2) is 12.7 Å². The van der Waals surface area contributed by atoms with Gasteiger partial charge in [0.15, 0.2) is 0 Å². The minimum atomic E-state index is 0.654. The van der Waals surface area contributed by atoms with Gasteiger partial charge in [0.05, 0.1) is 6.10 Å². The molecule has 1 rings (SSSR count). The second-order valence-electron chi connectivity index (χ2n) is 2.78. The highest BCUT2D eigenvalue weighted by molar-refractivity contribution is 4.72. The molecular formula is C8H16O. The Kier molecular flexibility index (Phi) is 3.05. The molecule has 0 aliphatic heterocycles. The van der Waals surface area contributed by atoms with Crippen LogP contribution in [-0.2, 0) is 4.74 Å². The van der Waals surface area contributed by atoms with E-state index in [1.807, 2.05) is 0 Å². The summed E-state index contributed by atoms with van der Waals surface area (Å²) in [6.07, 6.45) is 7.16. The van der Waals surface area contributed by atoms with E-state index in [0.717, 1.165) is 6.61 Å². The molecule has 1 aliphatic rings. The fraction of sp³-hybridized carbons (Fsp3) is 1.00. The molecule has 1 nitrogen and oxygen atoms in total. The van der Waals surface area contributed by atoms with E-state index >= 15 is 0 Å². The average molecular weight is 128 g/mol. The smallest absolute Gasteiger partial charge is 0.0577 e. The summed E-state index contributed by atoms with van der Waals surface area (Å²) in [7, 11) is 0. The highest BCUT2D eigenvalue weighted by atomic mass is 16.5. The van der Waals surface area contributed by atoms with Crippen molar-refractivity contribution in [3.8, 4) is 0 Å². The summed E-state index contributed by atoms with van der Waals surface area (Å²) in [6, 6.07) is 0. The number of hydrogen-bond acceptors (Lipinski definition) is 1. The standard InChI is InChI=1S/C8H16O/c1-2-3-4-7-9-8-5-6-8/h8H,2-7H2,1H3. The van der Waals surface area contributed by atoms with Crippen LogP contribution in [0.2, 0.25) is 0 Å². The van der Waals surface area contributed by atoms with Crippen LogP contribution in [0.15, 0.2) is 0 Å². The first-order chi connectivity index (χ1) is 4.43. The fourth-order valence-corrected chi connectivity index (χ4v) is 0.837. The zero-order valence-electron chi connectivity index (χ0n) is 6.23. The highest BCUT2D eigenvalue weighted by Crippen LogP contribution is 2.23. The van der Waals surface area contributed by atoms with Gasteiger partial charge in [0.1, 0.15) is 0 Å². The normalized spacial score (nSPS) is 18.3. The third-order valence-corrected chi connectivity index (χ3v) is 1.63. The van der Waals surface area contributed by atoms with Crippen LogP contribution in [0, 0.1) is 0 Å². The summed E-state index contributed by atoms with van der Waals surface area (Å²) in [5.74, 6) is 0. The molecule has 0 aromatic heterocycles. The minimum Gasteiger partial charge on any atom is -0.378 e. The van der Waals surface area contributed by atoms with Crippen molar-refractivity contribution in [3.05, 3.63) is 0 Å². The van der Waals surface area contributed by atoms with Gasteiger partial charge in [-0.05, 0) is 19.3 Å². The first-order valence-corrected chi connectivity index (χ1v) is 4.05. The summed E-state index contributed by atoms with van der Waals surface area (Å²) < 4.78 is 5.46. The summed E-state index contributed by atoms with van der Waals surface area (Å²) in [5.41, 5.74) is 0. The third kappa shape index (κ3) is 3.52. The van der Waals surface area contributed by atoms with Crippen LogP contribution in [0.5, 0.6) is 0 Å². The maximum Gasteiger partial charge on any atom is 0.0577 e. The summed E-state index contributed by atoms with van der Waals surface area (Å²) in [5, 5.41) is 0. The highest BCUT2D eigenvalue weighted by Gasteiger charge is 2.21. The first kappa shape index (κ1) is 7.07. The maximum atomic E-state index is 5.46. The Labute approximate surface area is 57.4 Å². The molecule has 0 N–H and O–H groups in total. The molecular weight excluding hydrogens is 112 g/mol. The van der Waals surface area contributed by atoms with Gasteiger partial charge in [-0.25, -0.2) is 0 Å². The SMILES string of the molecule is CCCCCOC1CC1.